The van der Waals surface area contributed by atoms with Gasteiger partial charge < -0.3 is 9.84 Å². The molecule has 3 heteroatoms. The van der Waals surface area contributed by atoms with Crippen molar-refractivity contribution >= 4 is 0 Å². The number of benzene rings is 2. The molecule has 0 unspecified atom stereocenters. The van der Waals surface area contributed by atoms with E-state index in [1.807, 2.05) is 18.2 Å². The Labute approximate surface area is 130 Å². The lowest BCUT2D eigenvalue weighted by Gasteiger charge is -2.16. The molecule has 2 nitrogen and oxygen atoms in total. The summed E-state index contributed by atoms with van der Waals surface area (Å²) in [7, 11) is 1.58. The molecule has 0 aromatic heterocycles. The SMILES string of the molecule is COc1ccc(F)c(-c2ccc(CO)cc2CC2(C)CC2)c1. The average molecular weight is 300 g/mol. The molecule has 0 saturated heterocycles. The van der Waals surface area contributed by atoms with E-state index in [1.54, 1.807) is 19.2 Å². The second-order valence-electron chi connectivity index (χ2n) is 6.48. The van der Waals surface area contributed by atoms with E-state index in [1.165, 1.54) is 18.9 Å². The predicted octanol–water partition coefficient (Wildman–Crippen LogP) is 4.34. The standard InChI is InChI=1S/C19H21FO2/c1-19(7-8-19)11-14-9-13(12-21)3-5-16(14)17-10-15(22-2)4-6-18(17)20/h3-6,9-10,21H,7-8,11-12H2,1-2H3. The Kier molecular flexibility index (Phi) is 3.92. The van der Waals surface area contributed by atoms with E-state index < -0.39 is 0 Å². The van der Waals surface area contributed by atoms with Gasteiger partial charge in [-0.05, 0) is 59.6 Å². The van der Waals surface area contributed by atoms with E-state index in [0.717, 1.165) is 23.1 Å². The summed E-state index contributed by atoms with van der Waals surface area (Å²) in [6.07, 6.45) is 3.32. The summed E-state index contributed by atoms with van der Waals surface area (Å²) in [5, 5.41) is 9.38. The zero-order valence-electron chi connectivity index (χ0n) is 13.0. The minimum atomic E-state index is -0.250. The third kappa shape index (κ3) is 3.00. The van der Waals surface area contributed by atoms with Gasteiger partial charge in [-0.25, -0.2) is 4.39 Å². The summed E-state index contributed by atoms with van der Waals surface area (Å²) in [5.41, 5.74) is 3.73. The molecule has 1 N–H and O–H groups in total. The first-order valence-electron chi connectivity index (χ1n) is 7.61. The second kappa shape index (κ2) is 5.73. The Morgan fingerprint density at radius 3 is 2.55 bits per heavy atom. The Morgan fingerprint density at radius 2 is 1.91 bits per heavy atom. The lowest BCUT2D eigenvalue weighted by atomic mass is 9.90. The summed E-state index contributed by atoms with van der Waals surface area (Å²) in [6.45, 7) is 2.26. The van der Waals surface area contributed by atoms with Crippen LogP contribution < -0.4 is 4.74 Å². The fraction of sp³-hybridized carbons (Fsp3) is 0.368. The van der Waals surface area contributed by atoms with Crippen LogP contribution in [0.25, 0.3) is 11.1 Å². The Balaban J connectivity index is 2.09. The molecule has 0 atom stereocenters. The number of aliphatic hydroxyl groups is 1. The van der Waals surface area contributed by atoms with Crippen molar-refractivity contribution in [3.63, 3.8) is 0 Å². The van der Waals surface area contributed by atoms with E-state index in [0.29, 0.717) is 16.7 Å². The van der Waals surface area contributed by atoms with Crippen LogP contribution in [-0.2, 0) is 13.0 Å². The molecule has 2 aromatic rings. The topological polar surface area (TPSA) is 29.5 Å². The highest BCUT2D eigenvalue weighted by Gasteiger charge is 2.37. The molecule has 0 bridgehead atoms. The van der Waals surface area contributed by atoms with Gasteiger partial charge in [-0.15, -0.1) is 0 Å². The fourth-order valence-electron chi connectivity index (χ4n) is 2.84. The summed E-state index contributed by atoms with van der Waals surface area (Å²) < 4.78 is 19.5. The highest BCUT2D eigenvalue weighted by molar-refractivity contribution is 5.70. The first-order valence-corrected chi connectivity index (χ1v) is 7.61. The summed E-state index contributed by atoms with van der Waals surface area (Å²) in [5.74, 6) is 0.394. The number of halogens is 1. The zero-order chi connectivity index (χ0) is 15.7. The number of aliphatic hydroxyl groups excluding tert-OH is 1. The normalized spacial score (nSPS) is 15.6. The molecule has 2 aromatic carbocycles. The third-order valence-electron chi connectivity index (χ3n) is 4.54. The van der Waals surface area contributed by atoms with Crippen molar-refractivity contribution in [2.75, 3.05) is 7.11 Å². The molecule has 0 radical (unpaired) electrons. The molecule has 116 valence electrons. The quantitative estimate of drug-likeness (QED) is 0.890. The molecule has 1 saturated carbocycles. The Hall–Kier alpha value is -1.87. The van der Waals surface area contributed by atoms with Crippen LogP contribution >= 0.6 is 0 Å². The molecule has 1 fully saturated rings. The molecule has 1 aliphatic carbocycles. The monoisotopic (exact) mass is 300 g/mol. The molecule has 0 amide bonds. The van der Waals surface area contributed by atoms with Gasteiger partial charge in [-0.2, -0.15) is 0 Å². The van der Waals surface area contributed by atoms with Crippen LogP contribution in [-0.4, -0.2) is 12.2 Å². The van der Waals surface area contributed by atoms with Crippen molar-refractivity contribution in [2.45, 2.75) is 32.8 Å². The molecule has 22 heavy (non-hydrogen) atoms. The van der Waals surface area contributed by atoms with Gasteiger partial charge in [0.05, 0.1) is 13.7 Å². The van der Waals surface area contributed by atoms with Gasteiger partial charge in [-0.1, -0.05) is 25.1 Å². The minimum absolute atomic E-state index is 0.00455. The summed E-state index contributed by atoms with van der Waals surface area (Å²) in [4.78, 5) is 0. The lowest BCUT2D eigenvalue weighted by molar-refractivity contribution is 0.281. The summed E-state index contributed by atoms with van der Waals surface area (Å²) in [6, 6.07) is 10.6. The van der Waals surface area contributed by atoms with Gasteiger partial charge in [0.1, 0.15) is 11.6 Å². The molecular formula is C19H21FO2. The van der Waals surface area contributed by atoms with Crippen LogP contribution in [0.1, 0.15) is 30.9 Å². The van der Waals surface area contributed by atoms with Crippen molar-refractivity contribution in [2.24, 2.45) is 5.41 Å². The van der Waals surface area contributed by atoms with Crippen LogP contribution in [0.3, 0.4) is 0 Å². The van der Waals surface area contributed by atoms with E-state index in [2.05, 4.69) is 6.92 Å². The van der Waals surface area contributed by atoms with Crippen molar-refractivity contribution in [3.05, 3.63) is 53.3 Å². The number of rotatable bonds is 5. The number of methoxy groups -OCH3 is 1. The Morgan fingerprint density at radius 1 is 1.14 bits per heavy atom. The predicted molar refractivity (Wildman–Crippen MR) is 85.4 cm³/mol. The number of ether oxygens (including phenoxy) is 1. The maximum atomic E-state index is 14.3. The third-order valence-corrected chi connectivity index (χ3v) is 4.54. The van der Waals surface area contributed by atoms with E-state index in [9.17, 15) is 9.50 Å². The van der Waals surface area contributed by atoms with Gasteiger partial charge in [0.2, 0.25) is 0 Å². The molecule has 0 heterocycles. The van der Waals surface area contributed by atoms with Crippen molar-refractivity contribution in [1.82, 2.24) is 0 Å². The largest absolute Gasteiger partial charge is 0.497 e. The first kappa shape index (κ1) is 15.0. The highest BCUT2D eigenvalue weighted by Crippen LogP contribution is 2.49. The lowest BCUT2D eigenvalue weighted by Crippen LogP contribution is -2.03. The molecular weight excluding hydrogens is 279 g/mol. The minimum Gasteiger partial charge on any atom is -0.497 e. The van der Waals surface area contributed by atoms with Crippen molar-refractivity contribution < 1.29 is 14.2 Å². The zero-order valence-corrected chi connectivity index (χ0v) is 13.0. The second-order valence-corrected chi connectivity index (χ2v) is 6.48. The average Bonchev–Trinajstić information content (AvgIpc) is 3.25. The van der Waals surface area contributed by atoms with Crippen LogP contribution in [0.5, 0.6) is 5.75 Å². The first-order chi connectivity index (χ1) is 10.5. The van der Waals surface area contributed by atoms with Crippen LogP contribution in [0.2, 0.25) is 0 Å². The van der Waals surface area contributed by atoms with Crippen LogP contribution in [0.4, 0.5) is 4.39 Å². The van der Waals surface area contributed by atoms with E-state index >= 15 is 0 Å². The molecule has 3 rings (SSSR count). The highest BCUT2D eigenvalue weighted by atomic mass is 19.1. The van der Waals surface area contributed by atoms with Gasteiger partial charge >= 0.3 is 0 Å². The molecule has 0 aliphatic heterocycles. The summed E-state index contributed by atoms with van der Waals surface area (Å²) >= 11 is 0. The van der Waals surface area contributed by atoms with E-state index in [4.69, 9.17) is 4.74 Å². The van der Waals surface area contributed by atoms with Crippen LogP contribution in [0, 0.1) is 11.2 Å². The van der Waals surface area contributed by atoms with Gasteiger partial charge in [0, 0.05) is 5.56 Å². The molecule has 0 spiro atoms. The number of hydrogen-bond acceptors (Lipinski definition) is 2. The smallest absolute Gasteiger partial charge is 0.131 e. The van der Waals surface area contributed by atoms with E-state index in [-0.39, 0.29) is 12.4 Å². The van der Waals surface area contributed by atoms with Gasteiger partial charge in [0.15, 0.2) is 0 Å². The van der Waals surface area contributed by atoms with Crippen molar-refractivity contribution in [3.8, 4) is 16.9 Å². The maximum absolute atomic E-state index is 14.3. The van der Waals surface area contributed by atoms with Gasteiger partial charge in [0.25, 0.3) is 0 Å². The van der Waals surface area contributed by atoms with Crippen LogP contribution in [0.15, 0.2) is 36.4 Å². The van der Waals surface area contributed by atoms with Crippen molar-refractivity contribution in [1.29, 1.82) is 0 Å². The Bertz CT molecular complexity index is 690. The van der Waals surface area contributed by atoms with Gasteiger partial charge in [-0.3, -0.25) is 0 Å². The maximum Gasteiger partial charge on any atom is 0.131 e. The fourth-order valence-corrected chi connectivity index (χ4v) is 2.84. The molecule has 1 aliphatic rings. The number of hydrogen-bond donors (Lipinski definition) is 1.